The molecule has 0 aromatic carbocycles. The van der Waals surface area contributed by atoms with Gasteiger partial charge in [0.1, 0.15) is 6.61 Å². The fourth-order valence-corrected chi connectivity index (χ4v) is 0.269. The summed E-state index contributed by atoms with van der Waals surface area (Å²) in [4.78, 5) is 19.0. The molecule has 0 heterocycles. The third-order valence-electron chi connectivity index (χ3n) is 0.593. The average Bonchev–Trinajstić information content (AvgIpc) is 1.86. The highest BCUT2D eigenvalue weighted by Gasteiger charge is 1.88. The van der Waals surface area contributed by atoms with Crippen LogP contribution in [0.5, 0.6) is 0 Å². The Labute approximate surface area is 71.3 Å². The second-order valence-electron chi connectivity index (χ2n) is 1.85. The van der Waals surface area contributed by atoms with Gasteiger partial charge in [-0.25, -0.2) is 0 Å². The summed E-state index contributed by atoms with van der Waals surface area (Å²) in [5, 5.41) is 7.42. The number of hydrogen-bond acceptors (Lipinski definition) is 4. The molecule has 0 aliphatic heterocycles. The summed E-state index contributed by atoms with van der Waals surface area (Å²) in [6, 6.07) is 0. The van der Waals surface area contributed by atoms with Crippen molar-refractivity contribution in [1.82, 2.24) is 0 Å². The van der Waals surface area contributed by atoms with E-state index in [0.29, 0.717) is 13.2 Å². The maximum atomic E-state index is 10.0. The number of aliphatic carboxylic acids is 1. The van der Waals surface area contributed by atoms with Gasteiger partial charge in [0.2, 0.25) is 0 Å². The molecule has 0 spiro atoms. The number of carboxylic acids is 1. The molecule has 0 rings (SSSR count). The van der Waals surface area contributed by atoms with Crippen LogP contribution in [0, 0.1) is 0 Å². The van der Waals surface area contributed by atoms with Crippen molar-refractivity contribution in [2.75, 3.05) is 20.3 Å². The lowest BCUT2D eigenvalue weighted by molar-refractivity contribution is -0.142. The third-order valence-corrected chi connectivity index (χ3v) is 0.593. The Morgan fingerprint density at radius 2 is 1.67 bits per heavy atom. The third kappa shape index (κ3) is 36.5. The molecule has 1 N–H and O–H groups in total. The van der Waals surface area contributed by atoms with Crippen LogP contribution in [0.25, 0.3) is 0 Å². The van der Waals surface area contributed by atoms with Crippen LogP contribution in [0.3, 0.4) is 0 Å². The first-order valence-electron chi connectivity index (χ1n) is 3.32. The van der Waals surface area contributed by atoms with Crippen LogP contribution in [0.15, 0.2) is 0 Å². The number of esters is 1. The topological polar surface area (TPSA) is 72.8 Å². The maximum absolute atomic E-state index is 10.0. The predicted molar refractivity (Wildman–Crippen MR) is 41.8 cm³/mol. The minimum absolute atomic E-state index is 0.262. The van der Waals surface area contributed by atoms with Crippen molar-refractivity contribution in [2.45, 2.75) is 13.8 Å². The molecule has 0 bridgehead atoms. The van der Waals surface area contributed by atoms with Gasteiger partial charge in [-0.3, -0.25) is 9.59 Å². The number of hydrogen-bond donors (Lipinski definition) is 1. The van der Waals surface area contributed by atoms with Crippen LogP contribution in [0.2, 0.25) is 0 Å². The van der Waals surface area contributed by atoms with Crippen molar-refractivity contribution in [3.05, 3.63) is 0 Å². The van der Waals surface area contributed by atoms with Gasteiger partial charge in [-0.1, -0.05) is 0 Å². The van der Waals surface area contributed by atoms with Gasteiger partial charge in [0, 0.05) is 21.0 Å². The summed E-state index contributed by atoms with van der Waals surface area (Å²) in [5.41, 5.74) is 0. The van der Waals surface area contributed by atoms with Crippen molar-refractivity contribution in [1.29, 1.82) is 0 Å². The van der Waals surface area contributed by atoms with E-state index in [0.717, 1.165) is 6.92 Å². The quantitative estimate of drug-likeness (QED) is 0.496. The summed E-state index contributed by atoms with van der Waals surface area (Å²) in [6.45, 7) is 3.28. The van der Waals surface area contributed by atoms with E-state index in [1.807, 2.05) is 0 Å². The van der Waals surface area contributed by atoms with Gasteiger partial charge in [0.05, 0.1) is 6.61 Å². The second kappa shape index (κ2) is 9.90. The molecule has 72 valence electrons. The Balaban J connectivity index is 0. The van der Waals surface area contributed by atoms with Gasteiger partial charge < -0.3 is 14.6 Å². The minimum Gasteiger partial charge on any atom is -0.481 e. The average molecular weight is 178 g/mol. The first-order chi connectivity index (χ1) is 5.50. The van der Waals surface area contributed by atoms with E-state index in [2.05, 4.69) is 9.47 Å². The van der Waals surface area contributed by atoms with Crippen molar-refractivity contribution in [2.24, 2.45) is 0 Å². The summed E-state index contributed by atoms with van der Waals surface area (Å²) in [7, 11) is 1.56. The van der Waals surface area contributed by atoms with Gasteiger partial charge >= 0.3 is 5.97 Å². The zero-order chi connectivity index (χ0) is 9.98. The molecule has 0 saturated carbocycles. The molecule has 0 atom stereocenters. The molecule has 0 radical (unpaired) electrons. The molecular formula is C7H14O5. The monoisotopic (exact) mass is 178 g/mol. The molecule has 0 aliphatic rings. The molecule has 0 amide bonds. The lowest BCUT2D eigenvalue weighted by atomic mass is 10.7. The van der Waals surface area contributed by atoms with Crippen molar-refractivity contribution < 1.29 is 24.2 Å². The molecule has 0 aliphatic carbocycles. The lowest BCUT2D eigenvalue weighted by Gasteiger charge is -1.97. The fourth-order valence-electron chi connectivity index (χ4n) is 0.269. The summed E-state index contributed by atoms with van der Waals surface area (Å²) >= 11 is 0. The van der Waals surface area contributed by atoms with E-state index in [4.69, 9.17) is 9.90 Å². The van der Waals surface area contributed by atoms with E-state index < -0.39 is 5.97 Å². The number of ether oxygens (including phenoxy) is 2. The molecule has 5 heteroatoms. The number of methoxy groups -OCH3 is 1. The normalized spacial score (nSPS) is 7.92. The highest BCUT2D eigenvalue weighted by Crippen LogP contribution is 1.74. The molecule has 0 aromatic rings. The van der Waals surface area contributed by atoms with Crippen molar-refractivity contribution >= 4 is 11.9 Å². The number of carbonyl (C=O) groups is 2. The molecule has 5 nitrogen and oxygen atoms in total. The first kappa shape index (κ1) is 13.5. The van der Waals surface area contributed by atoms with E-state index in [-0.39, 0.29) is 5.97 Å². The second-order valence-corrected chi connectivity index (χ2v) is 1.85. The van der Waals surface area contributed by atoms with Crippen LogP contribution in [0.4, 0.5) is 0 Å². The number of carbonyl (C=O) groups excluding carboxylic acids is 1. The summed E-state index contributed by atoms with van der Waals surface area (Å²) in [5.74, 6) is -1.10. The zero-order valence-electron chi connectivity index (χ0n) is 7.49. The molecular weight excluding hydrogens is 164 g/mol. The molecule has 12 heavy (non-hydrogen) atoms. The van der Waals surface area contributed by atoms with E-state index >= 15 is 0 Å². The van der Waals surface area contributed by atoms with E-state index in [9.17, 15) is 4.79 Å². The molecule has 0 aromatic heterocycles. The Kier molecular flexibility index (Phi) is 11.1. The summed E-state index contributed by atoms with van der Waals surface area (Å²) in [6.07, 6.45) is 0. The van der Waals surface area contributed by atoms with Crippen LogP contribution in [-0.4, -0.2) is 37.4 Å². The van der Waals surface area contributed by atoms with Crippen LogP contribution < -0.4 is 0 Å². The summed E-state index contributed by atoms with van der Waals surface area (Å²) < 4.78 is 9.13. The Hall–Kier alpha value is -1.10. The van der Waals surface area contributed by atoms with Crippen LogP contribution in [-0.2, 0) is 19.1 Å². The van der Waals surface area contributed by atoms with Gasteiger partial charge in [-0.15, -0.1) is 0 Å². The van der Waals surface area contributed by atoms with Crippen molar-refractivity contribution in [3.63, 3.8) is 0 Å². The Bertz CT molecular complexity index is 128. The van der Waals surface area contributed by atoms with Crippen LogP contribution in [0.1, 0.15) is 13.8 Å². The fraction of sp³-hybridized carbons (Fsp3) is 0.714. The zero-order valence-corrected chi connectivity index (χ0v) is 7.49. The van der Waals surface area contributed by atoms with Gasteiger partial charge in [-0.2, -0.15) is 0 Å². The minimum atomic E-state index is -0.833. The Morgan fingerprint density at radius 3 is 1.92 bits per heavy atom. The standard InChI is InChI=1S/C5H10O3.C2H4O2/c1-5(6)8-4-3-7-2;1-2(3)4/h3-4H2,1-2H3;1H3,(H,3,4). The largest absolute Gasteiger partial charge is 0.481 e. The lowest BCUT2D eigenvalue weighted by Crippen LogP contribution is -2.05. The molecule has 0 saturated heterocycles. The predicted octanol–water partition coefficient (Wildman–Crippen LogP) is 0.287. The van der Waals surface area contributed by atoms with E-state index in [1.165, 1.54) is 6.92 Å². The van der Waals surface area contributed by atoms with Crippen molar-refractivity contribution in [3.8, 4) is 0 Å². The highest BCUT2D eigenvalue weighted by molar-refractivity contribution is 5.65. The first-order valence-corrected chi connectivity index (χ1v) is 3.32. The maximum Gasteiger partial charge on any atom is 0.302 e. The number of carboxylic acid groups (broad SMARTS) is 1. The number of rotatable bonds is 3. The van der Waals surface area contributed by atoms with Gasteiger partial charge in [-0.05, 0) is 0 Å². The Morgan fingerprint density at radius 1 is 1.25 bits per heavy atom. The SMILES string of the molecule is CC(=O)O.COCCOC(C)=O. The molecule has 0 unspecified atom stereocenters. The van der Waals surface area contributed by atoms with Gasteiger partial charge in [0.25, 0.3) is 5.97 Å². The van der Waals surface area contributed by atoms with Crippen LogP contribution >= 0.6 is 0 Å². The smallest absolute Gasteiger partial charge is 0.302 e. The van der Waals surface area contributed by atoms with Gasteiger partial charge in [0.15, 0.2) is 0 Å². The van der Waals surface area contributed by atoms with E-state index in [1.54, 1.807) is 7.11 Å². The molecule has 0 fully saturated rings. The highest BCUT2D eigenvalue weighted by atomic mass is 16.6.